The van der Waals surface area contributed by atoms with E-state index in [1.54, 1.807) is 44.2 Å². The van der Waals surface area contributed by atoms with Gasteiger partial charge in [0.05, 0.1) is 36.4 Å². The Labute approximate surface area is 274 Å². The maximum Gasteiger partial charge on any atom is 0.272 e. The third-order valence-corrected chi connectivity index (χ3v) is 8.00. The Morgan fingerprint density at radius 3 is 2.62 bits per heavy atom. The fourth-order valence-corrected chi connectivity index (χ4v) is 5.51. The van der Waals surface area contributed by atoms with Gasteiger partial charge >= 0.3 is 0 Å². The topological polar surface area (TPSA) is 150 Å². The van der Waals surface area contributed by atoms with Crippen molar-refractivity contribution in [1.29, 1.82) is 0 Å². The molecular formula is C33H31FN10O4. The molecule has 1 amide bonds. The summed E-state index contributed by atoms with van der Waals surface area (Å²) in [4.78, 5) is 46.8. The second kappa shape index (κ2) is 13.2. The molecule has 1 atom stereocenters. The molecule has 0 unspecified atom stereocenters. The molecule has 0 bridgehead atoms. The molecule has 3 aromatic heterocycles. The number of amides is 1. The number of aryl methyl sites for hydroxylation is 1. The van der Waals surface area contributed by atoms with Crippen molar-refractivity contribution in [1.82, 2.24) is 35.0 Å². The van der Waals surface area contributed by atoms with Crippen LogP contribution in [0.15, 0.2) is 83.9 Å². The van der Waals surface area contributed by atoms with Crippen LogP contribution < -0.4 is 25.2 Å². The summed E-state index contributed by atoms with van der Waals surface area (Å²) in [5, 5.41) is 18.6. The molecule has 2 aliphatic rings. The van der Waals surface area contributed by atoms with Crippen molar-refractivity contribution in [3.05, 3.63) is 101 Å². The molecule has 2 aliphatic heterocycles. The standard InChI is InChI=1S/C33H31FN10O4/c1-20-5-10-31(39-38-20)43-17-22(34)13-25(29(43)19-46)36-30-14-26(42(3)16-21-6-8-23(48-4)9-7-21)32-35-15-27(44(32)40-30)33(47)37-24-11-12-41(2)28(24)18-45/h5-10,13-15,17,24H,11-12,16H2,1-4H3,(H,36,40)(H,37,47)/t24-/m1/s1. The van der Waals surface area contributed by atoms with Crippen LogP contribution in [0, 0.1) is 6.92 Å². The first-order valence-electron chi connectivity index (χ1n) is 14.9. The van der Waals surface area contributed by atoms with E-state index in [-0.39, 0.29) is 28.7 Å². The molecule has 2 N–H and O–H groups in total. The first kappa shape index (κ1) is 31.7. The lowest BCUT2D eigenvalue weighted by atomic mass is 10.2. The number of nitrogens with one attached hydrogen (secondary N) is 2. The highest BCUT2D eigenvalue weighted by Crippen LogP contribution is 2.31. The summed E-state index contributed by atoms with van der Waals surface area (Å²) in [6.45, 7) is 2.79. The molecule has 1 aromatic carbocycles. The molecule has 6 rings (SSSR count). The number of aromatic nitrogens is 5. The Kier molecular flexibility index (Phi) is 8.71. The summed E-state index contributed by atoms with van der Waals surface area (Å²) >= 11 is 0. The number of carbonyl (C=O) groups is 1. The van der Waals surface area contributed by atoms with Crippen LogP contribution in [-0.2, 0) is 16.1 Å². The fourth-order valence-electron chi connectivity index (χ4n) is 5.51. The highest BCUT2D eigenvalue weighted by atomic mass is 19.1. The van der Waals surface area contributed by atoms with Crippen molar-refractivity contribution in [2.45, 2.75) is 25.9 Å². The van der Waals surface area contributed by atoms with E-state index in [1.165, 1.54) is 15.6 Å². The third kappa shape index (κ3) is 6.23. The fraction of sp³-hybridized carbons (Fsp3) is 0.242. The number of likely N-dealkylation sites (N-methyl/N-ethyl adjacent to an activating group) is 1. The predicted octanol–water partition coefficient (Wildman–Crippen LogP) is 2.96. The molecule has 1 fully saturated rings. The second-order valence-electron chi connectivity index (χ2n) is 11.3. The van der Waals surface area contributed by atoms with E-state index in [2.05, 4.69) is 30.9 Å². The molecule has 0 saturated carbocycles. The highest BCUT2D eigenvalue weighted by Gasteiger charge is 2.30. The predicted molar refractivity (Wildman–Crippen MR) is 175 cm³/mol. The van der Waals surface area contributed by atoms with Gasteiger partial charge in [0.25, 0.3) is 5.91 Å². The minimum absolute atomic E-state index is 0.0452. The van der Waals surface area contributed by atoms with Crippen molar-refractivity contribution >= 4 is 40.8 Å². The number of allylic oxidation sites excluding steroid dienone is 2. The summed E-state index contributed by atoms with van der Waals surface area (Å²) in [7, 11) is 5.21. The zero-order valence-corrected chi connectivity index (χ0v) is 26.6. The number of hydrogen-bond donors (Lipinski definition) is 2. The molecular weight excluding hydrogens is 619 g/mol. The van der Waals surface area contributed by atoms with Gasteiger partial charge in [-0.15, -0.1) is 10.2 Å². The van der Waals surface area contributed by atoms with Crippen molar-refractivity contribution < 1.29 is 23.5 Å². The summed E-state index contributed by atoms with van der Waals surface area (Å²) in [5.41, 5.74) is 2.98. The van der Waals surface area contributed by atoms with Gasteiger partial charge in [-0.05, 0) is 43.2 Å². The Bertz CT molecular complexity index is 2040. The number of nitrogens with zero attached hydrogens (tertiary/aromatic N) is 8. The number of benzene rings is 1. The van der Waals surface area contributed by atoms with Crippen LogP contribution in [0.25, 0.3) is 5.65 Å². The van der Waals surface area contributed by atoms with Crippen LogP contribution in [-0.4, -0.2) is 81.3 Å². The molecule has 14 nitrogen and oxygen atoms in total. The lowest BCUT2D eigenvalue weighted by Crippen LogP contribution is -2.36. The maximum atomic E-state index is 15.0. The normalized spacial score (nSPS) is 15.9. The average Bonchev–Trinajstić information content (AvgIpc) is 3.67. The lowest BCUT2D eigenvalue weighted by molar-refractivity contribution is 0.0936. The van der Waals surface area contributed by atoms with Crippen LogP contribution in [0.5, 0.6) is 5.75 Å². The van der Waals surface area contributed by atoms with Crippen molar-refractivity contribution in [2.75, 3.05) is 42.9 Å². The van der Waals surface area contributed by atoms with Crippen LogP contribution in [0.3, 0.4) is 0 Å². The Morgan fingerprint density at radius 2 is 1.94 bits per heavy atom. The Morgan fingerprint density at radius 1 is 1.15 bits per heavy atom. The Balaban J connectivity index is 1.39. The van der Waals surface area contributed by atoms with Gasteiger partial charge in [0, 0.05) is 45.5 Å². The number of carbonyl (C=O) groups excluding carboxylic acids is 3. The molecule has 0 radical (unpaired) electrons. The summed E-state index contributed by atoms with van der Waals surface area (Å²) in [5.74, 6) is 3.71. The summed E-state index contributed by atoms with van der Waals surface area (Å²) in [6.07, 6.45) is 4.17. The van der Waals surface area contributed by atoms with Crippen molar-refractivity contribution in [3.8, 4) is 5.75 Å². The van der Waals surface area contributed by atoms with Crippen molar-refractivity contribution in [3.63, 3.8) is 0 Å². The van der Waals surface area contributed by atoms with E-state index in [1.807, 2.05) is 48.1 Å². The number of ether oxygens (including phenoxy) is 1. The molecule has 244 valence electrons. The second-order valence-corrected chi connectivity index (χ2v) is 11.3. The van der Waals surface area contributed by atoms with E-state index in [0.29, 0.717) is 42.2 Å². The number of hydrogen-bond acceptors (Lipinski definition) is 12. The molecule has 5 heterocycles. The molecule has 48 heavy (non-hydrogen) atoms. The van der Waals surface area contributed by atoms with Gasteiger partial charge in [-0.3, -0.25) is 9.69 Å². The third-order valence-electron chi connectivity index (χ3n) is 8.00. The number of likely N-dealkylation sites (tertiary alicyclic amines) is 1. The lowest BCUT2D eigenvalue weighted by Gasteiger charge is -2.26. The highest BCUT2D eigenvalue weighted by molar-refractivity contribution is 5.94. The zero-order valence-electron chi connectivity index (χ0n) is 26.6. The van der Waals surface area contributed by atoms with Crippen LogP contribution in [0.4, 0.5) is 21.7 Å². The minimum atomic E-state index is -0.667. The molecule has 0 aliphatic carbocycles. The average molecular weight is 651 g/mol. The largest absolute Gasteiger partial charge is 0.497 e. The summed E-state index contributed by atoms with van der Waals surface area (Å²) in [6, 6.07) is 12.0. The Hall–Kier alpha value is -6.30. The summed E-state index contributed by atoms with van der Waals surface area (Å²) < 4.78 is 21.6. The van der Waals surface area contributed by atoms with E-state index >= 15 is 0 Å². The van der Waals surface area contributed by atoms with Gasteiger partial charge < -0.3 is 25.2 Å². The molecule has 0 spiro atoms. The first-order chi connectivity index (χ1) is 23.2. The number of anilines is 3. The smallest absolute Gasteiger partial charge is 0.272 e. The quantitative estimate of drug-likeness (QED) is 0.257. The molecule has 4 aromatic rings. The van der Waals surface area contributed by atoms with Gasteiger partial charge in [0.15, 0.2) is 34.6 Å². The van der Waals surface area contributed by atoms with Gasteiger partial charge in [0.1, 0.15) is 23.2 Å². The SMILES string of the molecule is COc1ccc(CN(C)c2cc(NC3=CC(F)=CN(c4ccc(C)nn4)C3=C=O)nn3c(C(=O)N[C@@H]4CCN(C)C4=C=O)cnc23)cc1. The minimum Gasteiger partial charge on any atom is -0.497 e. The van der Waals surface area contributed by atoms with E-state index in [9.17, 15) is 18.8 Å². The monoisotopic (exact) mass is 650 g/mol. The zero-order chi connectivity index (χ0) is 33.9. The van der Waals surface area contributed by atoms with Crippen LogP contribution in [0.2, 0.25) is 0 Å². The van der Waals surface area contributed by atoms with Gasteiger partial charge in [-0.2, -0.15) is 5.10 Å². The van der Waals surface area contributed by atoms with E-state index in [0.717, 1.165) is 23.6 Å². The molecule has 15 heteroatoms. The number of methoxy groups -OCH3 is 1. The van der Waals surface area contributed by atoms with Gasteiger partial charge in [0.2, 0.25) is 0 Å². The van der Waals surface area contributed by atoms with Gasteiger partial charge in [-0.25, -0.2) is 23.5 Å². The van der Waals surface area contributed by atoms with Crippen LogP contribution >= 0.6 is 0 Å². The van der Waals surface area contributed by atoms with Crippen LogP contribution in [0.1, 0.15) is 28.2 Å². The number of halogens is 1. The number of fused-ring (bicyclic) bond motifs is 1. The van der Waals surface area contributed by atoms with E-state index < -0.39 is 17.8 Å². The first-order valence-corrected chi connectivity index (χ1v) is 14.9. The number of rotatable bonds is 9. The van der Waals surface area contributed by atoms with E-state index in [4.69, 9.17) is 4.74 Å². The maximum absolute atomic E-state index is 15.0. The van der Waals surface area contributed by atoms with Gasteiger partial charge in [-0.1, -0.05) is 12.1 Å². The van der Waals surface area contributed by atoms with Crippen molar-refractivity contribution in [2.24, 2.45) is 0 Å². The molecule has 1 saturated heterocycles. The number of imidazole rings is 1.